The number of ether oxygens (including phenoxy) is 1. The smallest absolute Gasteiger partial charge is 0.414 e. The number of benzene rings is 1. The number of anilines is 2. The van der Waals surface area contributed by atoms with Gasteiger partial charge in [0.15, 0.2) is 0 Å². The van der Waals surface area contributed by atoms with Crippen molar-refractivity contribution in [2.24, 2.45) is 5.92 Å². The van der Waals surface area contributed by atoms with E-state index in [1.54, 1.807) is 12.1 Å². The van der Waals surface area contributed by atoms with Gasteiger partial charge >= 0.3 is 6.09 Å². The minimum Gasteiger partial charge on any atom is -0.442 e. The Morgan fingerprint density at radius 1 is 1.30 bits per heavy atom. The number of hydrogen-bond donors (Lipinski definition) is 1. The first kappa shape index (κ1) is 18.2. The molecular formula is C18H22FN3O4S. The molecule has 2 amide bonds. The van der Waals surface area contributed by atoms with E-state index >= 15 is 0 Å². The molecule has 1 N–H and O–H groups in total. The Hall–Kier alpha value is -2.16. The van der Waals surface area contributed by atoms with Gasteiger partial charge in [0.25, 0.3) is 0 Å². The van der Waals surface area contributed by atoms with Crippen molar-refractivity contribution < 1.29 is 22.9 Å². The lowest BCUT2D eigenvalue weighted by atomic mass is 10.2. The molecule has 3 fully saturated rings. The molecule has 0 bridgehead atoms. The molecule has 1 atom stereocenters. The van der Waals surface area contributed by atoms with Crippen LogP contribution in [0.3, 0.4) is 0 Å². The maximum atomic E-state index is 14.6. The third-order valence-corrected chi connectivity index (χ3v) is 6.36. The minimum atomic E-state index is -0.825. The molecule has 3 aliphatic rings. The van der Waals surface area contributed by atoms with Gasteiger partial charge in [-0.1, -0.05) is 0 Å². The van der Waals surface area contributed by atoms with Crippen LogP contribution in [0.15, 0.2) is 18.2 Å². The zero-order valence-corrected chi connectivity index (χ0v) is 15.7. The number of halogens is 1. The molecule has 2 aliphatic heterocycles. The van der Waals surface area contributed by atoms with Gasteiger partial charge in [-0.2, -0.15) is 0 Å². The van der Waals surface area contributed by atoms with Gasteiger partial charge in [-0.3, -0.25) is 13.9 Å². The van der Waals surface area contributed by atoms with Gasteiger partial charge in [-0.05, 0) is 31.0 Å². The zero-order valence-electron chi connectivity index (χ0n) is 14.9. The van der Waals surface area contributed by atoms with E-state index in [9.17, 15) is 18.2 Å². The maximum absolute atomic E-state index is 14.6. The highest BCUT2D eigenvalue weighted by Gasteiger charge is 2.35. The van der Waals surface area contributed by atoms with E-state index < -0.39 is 28.8 Å². The fraction of sp³-hybridized carbons (Fsp3) is 0.556. The van der Waals surface area contributed by atoms with E-state index in [4.69, 9.17) is 4.74 Å². The normalized spacial score (nSPS) is 23.4. The van der Waals surface area contributed by atoms with Gasteiger partial charge in [-0.15, -0.1) is 0 Å². The lowest BCUT2D eigenvalue weighted by Crippen LogP contribution is -2.38. The number of cyclic esters (lactones) is 1. The zero-order chi connectivity index (χ0) is 19.0. The standard InChI is InChI=1S/C18H22FN3O4S/c19-15-9-13(3-4-16(15)21-5-7-27(25)8-6-21)22-11-14(26-18(22)24)10-20-17(23)12-1-2-12/h3-4,9,12,14H,1-2,5-8,10-11H2,(H,20,23)/t14-/m0/s1. The van der Waals surface area contributed by atoms with Gasteiger partial charge in [0, 0.05) is 41.3 Å². The summed E-state index contributed by atoms with van der Waals surface area (Å²) in [7, 11) is -0.825. The first-order valence-corrected chi connectivity index (χ1v) is 10.7. The van der Waals surface area contributed by atoms with Crippen LogP contribution in [0.5, 0.6) is 0 Å². The highest BCUT2D eigenvalue weighted by atomic mass is 32.2. The van der Waals surface area contributed by atoms with Crippen LogP contribution in [-0.4, -0.2) is 60.0 Å². The fourth-order valence-corrected chi connectivity index (χ4v) is 4.39. The van der Waals surface area contributed by atoms with Gasteiger partial charge in [0.2, 0.25) is 5.91 Å². The molecule has 0 aromatic heterocycles. The average molecular weight is 395 g/mol. The molecular weight excluding hydrogens is 373 g/mol. The van der Waals surface area contributed by atoms with Crippen molar-refractivity contribution in [1.29, 1.82) is 0 Å². The molecule has 1 saturated carbocycles. The number of nitrogens with one attached hydrogen (secondary N) is 1. The fourth-order valence-electron chi connectivity index (χ4n) is 3.34. The van der Waals surface area contributed by atoms with E-state index in [1.165, 1.54) is 11.0 Å². The van der Waals surface area contributed by atoms with E-state index in [0.29, 0.717) is 36.0 Å². The van der Waals surface area contributed by atoms with Crippen molar-refractivity contribution in [2.75, 3.05) is 47.5 Å². The summed E-state index contributed by atoms with van der Waals surface area (Å²) in [6.07, 6.45) is 0.850. The third kappa shape index (κ3) is 4.07. The predicted molar refractivity (Wildman–Crippen MR) is 99.8 cm³/mol. The highest BCUT2D eigenvalue weighted by molar-refractivity contribution is 7.85. The molecule has 146 valence electrons. The number of amides is 2. The molecule has 0 spiro atoms. The van der Waals surface area contributed by atoms with Crippen LogP contribution in [0.25, 0.3) is 0 Å². The molecule has 4 rings (SSSR count). The first-order valence-electron chi connectivity index (χ1n) is 9.16. The molecule has 1 aliphatic carbocycles. The van der Waals surface area contributed by atoms with Crippen molar-refractivity contribution >= 4 is 34.2 Å². The van der Waals surface area contributed by atoms with E-state index in [1.807, 2.05) is 4.90 Å². The van der Waals surface area contributed by atoms with Crippen molar-refractivity contribution in [2.45, 2.75) is 18.9 Å². The Labute approximate surface area is 159 Å². The quantitative estimate of drug-likeness (QED) is 0.812. The maximum Gasteiger partial charge on any atom is 0.414 e. The van der Waals surface area contributed by atoms with Crippen molar-refractivity contribution in [3.63, 3.8) is 0 Å². The highest BCUT2D eigenvalue weighted by Crippen LogP contribution is 2.30. The Kier molecular flexibility index (Phi) is 5.03. The average Bonchev–Trinajstić information content (AvgIpc) is 3.44. The Morgan fingerprint density at radius 3 is 2.70 bits per heavy atom. The lowest BCUT2D eigenvalue weighted by Gasteiger charge is -2.29. The number of carbonyl (C=O) groups is 2. The Balaban J connectivity index is 1.39. The summed E-state index contributed by atoms with van der Waals surface area (Å²) in [5.74, 6) is 0.759. The van der Waals surface area contributed by atoms with Gasteiger partial charge < -0.3 is 15.0 Å². The number of carbonyl (C=O) groups excluding carboxylic acids is 2. The molecule has 1 aromatic carbocycles. The van der Waals surface area contributed by atoms with Crippen LogP contribution in [-0.2, 0) is 20.3 Å². The van der Waals surface area contributed by atoms with Crippen molar-refractivity contribution in [3.8, 4) is 0 Å². The molecule has 2 saturated heterocycles. The minimum absolute atomic E-state index is 0.00218. The monoisotopic (exact) mass is 395 g/mol. The molecule has 7 nitrogen and oxygen atoms in total. The van der Waals surface area contributed by atoms with Gasteiger partial charge in [0.05, 0.1) is 24.5 Å². The largest absolute Gasteiger partial charge is 0.442 e. The van der Waals surface area contributed by atoms with Crippen LogP contribution in [0.2, 0.25) is 0 Å². The van der Waals surface area contributed by atoms with Gasteiger partial charge in [0.1, 0.15) is 11.9 Å². The van der Waals surface area contributed by atoms with Crippen LogP contribution in [0, 0.1) is 11.7 Å². The van der Waals surface area contributed by atoms with E-state index in [0.717, 1.165) is 12.8 Å². The van der Waals surface area contributed by atoms with Crippen LogP contribution >= 0.6 is 0 Å². The second-order valence-electron chi connectivity index (χ2n) is 7.11. The third-order valence-electron chi connectivity index (χ3n) is 5.09. The van der Waals surface area contributed by atoms with Crippen molar-refractivity contribution in [3.05, 3.63) is 24.0 Å². The van der Waals surface area contributed by atoms with Crippen LogP contribution in [0.4, 0.5) is 20.6 Å². The Morgan fingerprint density at radius 2 is 2.04 bits per heavy atom. The summed E-state index contributed by atoms with van der Waals surface area (Å²) < 4.78 is 31.4. The summed E-state index contributed by atoms with van der Waals surface area (Å²) in [5.41, 5.74) is 0.883. The summed E-state index contributed by atoms with van der Waals surface area (Å²) in [5, 5.41) is 2.80. The predicted octanol–water partition coefficient (Wildman–Crippen LogP) is 1.25. The van der Waals surface area contributed by atoms with E-state index in [2.05, 4.69) is 5.32 Å². The van der Waals surface area contributed by atoms with Gasteiger partial charge in [-0.25, -0.2) is 9.18 Å². The second-order valence-corrected chi connectivity index (χ2v) is 8.80. The molecule has 1 aromatic rings. The summed E-state index contributed by atoms with van der Waals surface area (Å²) in [4.78, 5) is 27.1. The van der Waals surface area contributed by atoms with Crippen LogP contribution < -0.4 is 15.1 Å². The van der Waals surface area contributed by atoms with Crippen LogP contribution in [0.1, 0.15) is 12.8 Å². The molecule has 0 unspecified atom stereocenters. The molecule has 9 heteroatoms. The number of nitrogens with zero attached hydrogens (tertiary/aromatic N) is 2. The number of hydrogen-bond acceptors (Lipinski definition) is 5. The summed E-state index contributed by atoms with van der Waals surface area (Å²) in [6, 6.07) is 4.66. The summed E-state index contributed by atoms with van der Waals surface area (Å²) >= 11 is 0. The topological polar surface area (TPSA) is 79.0 Å². The second kappa shape index (κ2) is 7.46. The Bertz CT molecular complexity index is 776. The lowest BCUT2D eigenvalue weighted by molar-refractivity contribution is -0.122. The van der Waals surface area contributed by atoms with E-state index in [-0.39, 0.29) is 24.9 Å². The molecule has 0 radical (unpaired) electrons. The van der Waals surface area contributed by atoms with Crippen molar-refractivity contribution in [1.82, 2.24) is 5.32 Å². The SMILES string of the molecule is O=C(NC[C@H]1CN(c2ccc(N3CCS(=O)CC3)c(F)c2)C(=O)O1)C1CC1. The molecule has 2 heterocycles. The summed E-state index contributed by atoms with van der Waals surface area (Å²) in [6.45, 7) is 1.64. The number of rotatable bonds is 5. The molecule has 27 heavy (non-hydrogen) atoms. The first-order chi connectivity index (χ1) is 13.0.